The average molecular weight is 510 g/mol. The predicted molar refractivity (Wildman–Crippen MR) is 134 cm³/mol. The summed E-state index contributed by atoms with van der Waals surface area (Å²) in [6.07, 6.45) is -0.553. The fourth-order valence-corrected chi connectivity index (χ4v) is 5.03. The van der Waals surface area contributed by atoms with Crippen molar-refractivity contribution >= 4 is 22.9 Å². The molecule has 37 heavy (non-hydrogen) atoms. The number of rotatable bonds is 6. The Morgan fingerprint density at radius 1 is 1.11 bits per heavy atom. The second-order valence-electron chi connectivity index (χ2n) is 9.26. The summed E-state index contributed by atoms with van der Waals surface area (Å²) in [6, 6.07) is 16.1. The maximum Gasteiger partial charge on any atom is 0.419 e. The van der Waals surface area contributed by atoms with Crippen LogP contribution < -0.4 is 5.32 Å². The minimum absolute atomic E-state index is 0.0869. The quantitative estimate of drug-likeness (QED) is 0.274. The van der Waals surface area contributed by atoms with E-state index in [1.54, 1.807) is 24.3 Å². The molecule has 192 valence electrons. The van der Waals surface area contributed by atoms with E-state index in [2.05, 4.69) is 20.3 Å². The van der Waals surface area contributed by atoms with Gasteiger partial charge in [0.05, 0.1) is 5.69 Å². The van der Waals surface area contributed by atoms with Crippen LogP contribution in [-0.2, 0) is 12.7 Å². The molecule has 3 N–H and O–H groups in total. The highest BCUT2D eigenvalue weighted by atomic mass is 19.4. The number of carboxylic acid groups (broad SMARTS) is 1. The molecule has 2 aromatic carbocycles. The summed E-state index contributed by atoms with van der Waals surface area (Å²) in [5.74, 6) is 0.0869. The predicted octanol–water partition coefficient (Wildman–Crippen LogP) is 6.55. The van der Waals surface area contributed by atoms with Gasteiger partial charge >= 0.3 is 12.3 Å². The Morgan fingerprint density at radius 2 is 1.86 bits per heavy atom. The monoisotopic (exact) mass is 509 g/mol. The van der Waals surface area contributed by atoms with Gasteiger partial charge in [0.2, 0.25) is 5.95 Å². The zero-order valence-electron chi connectivity index (χ0n) is 19.9. The molecule has 1 saturated carbocycles. The number of H-pyrrole nitrogens is 1. The maximum atomic E-state index is 13.9. The molecule has 2 atom stereocenters. The van der Waals surface area contributed by atoms with Gasteiger partial charge in [-0.25, -0.2) is 14.8 Å². The fourth-order valence-electron chi connectivity index (χ4n) is 5.03. The van der Waals surface area contributed by atoms with E-state index in [0.717, 1.165) is 24.6 Å². The molecule has 1 aliphatic carbocycles. The van der Waals surface area contributed by atoms with Gasteiger partial charge in [0, 0.05) is 47.5 Å². The molecule has 1 aliphatic rings. The highest BCUT2D eigenvalue weighted by Crippen LogP contribution is 2.39. The highest BCUT2D eigenvalue weighted by Gasteiger charge is 2.36. The summed E-state index contributed by atoms with van der Waals surface area (Å²) in [7, 11) is 0. The number of aromatic amines is 1. The smallest absolute Gasteiger partial charge is 0.419 e. The minimum atomic E-state index is -4.62. The van der Waals surface area contributed by atoms with Crippen LogP contribution in [0.25, 0.3) is 22.2 Å². The number of para-hydroxylation sites is 1. The Bertz CT molecular complexity index is 1390. The van der Waals surface area contributed by atoms with Crippen LogP contribution in [0.2, 0.25) is 0 Å². The molecule has 10 heteroatoms. The third-order valence-electron chi connectivity index (χ3n) is 6.80. The highest BCUT2D eigenvalue weighted by molar-refractivity contribution is 5.95. The SMILES string of the molecule is O=C(O)N(Cc1ccccc1)[C@H]1CCC[C@@H](Nc2ncc(C(F)(F)F)c(-c3c[nH]c4ccccc34)n2)C1. The molecule has 0 unspecified atom stereocenters. The van der Waals surface area contributed by atoms with E-state index in [4.69, 9.17) is 0 Å². The molecule has 0 aliphatic heterocycles. The Kier molecular flexibility index (Phi) is 6.73. The molecule has 0 saturated heterocycles. The van der Waals surface area contributed by atoms with Gasteiger partial charge in [0.15, 0.2) is 0 Å². The average Bonchev–Trinajstić information content (AvgIpc) is 3.31. The first-order chi connectivity index (χ1) is 17.8. The van der Waals surface area contributed by atoms with Gasteiger partial charge in [-0.1, -0.05) is 48.5 Å². The standard InChI is InChI=1S/C27H26F3N5O2/c28-27(29,30)22-15-32-25(34-24(22)21-14-31-23-12-5-4-11-20(21)23)33-18-9-6-10-19(13-18)35(26(36)37)16-17-7-2-1-3-8-17/h1-5,7-8,11-12,14-15,18-19,31H,6,9-10,13,16H2,(H,36,37)(H,32,33,34)/t18-,19+/m1/s1. The second-order valence-corrected chi connectivity index (χ2v) is 9.26. The number of fused-ring (bicyclic) bond motifs is 1. The Hall–Kier alpha value is -4.08. The van der Waals surface area contributed by atoms with Gasteiger partial charge in [-0.05, 0) is 37.3 Å². The van der Waals surface area contributed by atoms with Crippen LogP contribution in [0.4, 0.5) is 23.9 Å². The number of alkyl halides is 3. The van der Waals surface area contributed by atoms with Crippen LogP contribution in [-0.4, -0.2) is 43.1 Å². The lowest BCUT2D eigenvalue weighted by molar-refractivity contribution is -0.137. The second kappa shape index (κ2) is 10.1. The molecular formula is C27H26F3N5O2. The van der Waals surface area contributed by atoms with E-state index >= 15 is 0 Å². The van der Waals surface area contributed by atoms with E-state index in [0.29, 0.717) is 29.3 Å². The topological polar surface area (TPSA) is 94.1 Å². The van der Waals surface area contributed by atoms with Gasteiger partial charge in [-0.2, -0.15) is 13.2 Å². The summed E-state index contributed by atoms with van der Waals surface area (Å²) in [5, 5.41) is 13.7. The minimum Gasteiger partial charge on any atom is -0.465 e. The number of carbonyl (C=O) groups is 1. The first-order valence-corrected chi connectivity index (χ1v) is 12.1. The van der Waals surface area contributed by atoms with Crippen LogP contribution in [0.3, 0.4) is 0 Å². The molecule has 1 fully saturated rings. The van der Waals surface area contributed by atoms with Gasteiger partial charge in [-0.3, -0.25) is 0 Å². The van der Waals surface area contributed by atoms with Crippen molar-refractivity contribution in [3.63, 3.8) is 0 Å². The van der Waals surface area contributed by atoms with Crippen molar-refractivity contribution < 1.29 is 23.1 Å². The van der Waals surface area contributed by atoms with Crippen LogP contribution in [0.1, 0.15) is 36.8 Å². The maximum absolute atomic E-state index is 13.9. The van der Waals surface area contributed by atoms with Crippen LogP contribution in [0.15, 0.2) is 67.0 Å². The van der Waals surface area contributed by atoms with E-state index in [1.165, 1.54) is 11.1 Å². The lowest BCUT2D eigenvalue weighted by Crippen LogP contribution is -2.44. The number of nitrogens with zero attached hydrogens (tertiary/aromatic N) is 3. The van der Waals surface area contributed by atoms with Crippen LogP contribution >= 0.6 is 0 Å². The summed E-state index contributed by atoms with van der Waals surface area (Å²) < 4.78 is 41.6. The van der Waals surface area contributed by atoms with Gasteiger partial charge < -0.3 is 20.3 Å². The van der Waals surface area contributed by atoms with Crippen molar-refractivity contribution in [3.8, 4) is 11.3 Å². The van der Waals surface area contributed by atoms with E-state index in [-0.39, 0.29) is 30.3 Å². The van der Waals surface area contributed by atoms with Gasteiger partial charge in [0.1, 0.15) is 5.56 Å². The lowest BCUT2D eigenvalue weighted by Gasteiger charge is -2.36. The Labute approximate surface area is 211 Å². The number of hydrogen-bond donors (Lipinski definition) is 3. The van der Waals surface area contributed by atoms with E-state index in [1.807, 2.05) is 30.3 Å². The molecule has 4 aromatic rings. The summed E-state index contributed by atoms with van der Waals surface area (Å²) in [4.78, 5) is 24.8. The van der Waals surface area contributed by atoms with Crippen molar-refractivity contribution in [2.75, 3.05) is 5.32 Å². The van der Waals surface area contributed by atoms with Gasteiger partial charge in [-0.15, -0.1) is 0 Å². The van der Waals surface area contributed by atoms with Crippen molar-refractivity contribution in [1.29, 1.82) is 0 Å². The van der Waals surface area contributed by atoms with E-state index < -0.39 is 17.8 Å². The van der Waals surface area contributed by atoms with Crippen LogP contribution in [0.5, 0.6) is 0 Å². The fraction of sp³-hybridized carbons (Fsp3) is 0.296. The first kappa shape index (κ1) is 24.6. The molecule has 2 heterocycles. The Morgan fingerprint density at radius 3 is 2.62 bits per heavy atom. The van der Waals surface area contributed by atoms with Crippen molar-refractivity contribution in [2.45, 2.75) is 50.5 Å². The molecule has 2 aromatic heterocycles. The number of amides is 1. The number of hydrogen-bond acceptors (Lipinski definition) is 4. The summed E-state index contributed by atoms with van der Waals surface area (Å²) >= 11 is 0. The zero-order chi connectivity index (χ0) is 26.0. The van der Waals surface area contributed by atoms with Crippen molar-refractivity contribution in [3.05, 3.63) is 78.1 Å². The molecule has 1 amide bonds. The number of halogens is 3. The molecule has 0 radical (unpaired) electrons. The van der Waals surface area contributed by atoms with Crippen molar-refractivity contribution in [1.82, 2.24) is 19.9 Å². The van der Waals surface area contributed by atoms with Crippen LogP contribution in [0, 0.1) is 0 Å². The number of nitrogens with one attached hydrogen (secondary N) is 2. The largest absolute Gasteiger partial charge is 0.465 e. The Balaban J connectivity index is 1.39. The molecule has 0 bridgehead atoms. The van der Waals surface area contributed by atoms with Crippen molar-refractivity contribution in [2.24, 2.45) is 0 Å². The number of anilines is 1. The van der Waals surface area contributed by atoms with E-state index in [9.17, 15) is 23.1 Å². The lowest BCUT2D eigenvalue weighted by atomic mass is 9.90. The third-order valence-corrected chi connectivity index (χ3v) is 6.80. The molecular weight excluding hydrogens is 483 g/mol. The molecule has 7 nitrogen and oxygen atoms in total. The number of benzene rings is 2. The normalized spacial score (nSPS) is 18.0. The summed E-state index contributed by atoms with van der Waals surface area (Å²) in [6.45, 7) is 0.273. The van der Waals surface area contributed by atoms with Gasteiger partial charge in [0.25, 0.3) is 0 Å². The zero-order valence-corrected chi connectivity index (χ0v) is 19.9. The summed E-state index contributed by atoms with van der Waals surface area (Å²) in [5.41, 5.74) is 0.834. The third kappa shape index (κ3) is 5.37. The molecule has 0 spiro atoms. The first-order valence-electron chi connectivity index (χ1n) is 12.1. The molecule has 5 rings (SSSR count). The number of aromatic nitrogens is 3.